The van der Waals surface area contributed by atoms with Crippen LogP contribution in [0.25, 0.3) is 22.3 Å². The van der Waals surface area contributed by atoms with Crippen molar-refractivity contribution in [3.8, 4) is 11.4 Å². The Morgan fingerprint density at radius 2 is 1.57 bits per heavy atom. The van der Waals surface area contributed by atoms with Gasteiger partial charge < -0.3 is 51.0 Å². The fourth-order valence-electron chi connectivity index (χ4n) is 9.76. The average molecular weight is 1030 g/mol. The number of carbonyl (C=O) groups excluding carboxylic acids is 9. The van der Waals surface area contributed by atoms with Crippen LogP contribution >= 0.6 is 0 Å². The molecule has 2 aromatic carbocycles. The van der Waals surface area contributed by atoms with E-state index in [2.05, 4.69) is 31.9 Å². The molecule has 23 heteroatoms. The minimum Gasteiger partial charge on any atom is -0.458 e. The van der Waals surface area contributed by atoms with E-state index in [1.165, 1.54) is 22.8 Å². The van der Waals surface area contributed by atoms with Crippen LogP contribution in [-0.4, -0.2) is 118 Å². The van der Waals surface area contributed by atoms with Crippen molar-refractivity contribution >= 4 is 64.1 Å². The van der Waals surface area contributed by atoms with Gasteiger partial charge in [-0.15, -0.1) is 0 Å². The number of cyclic esters (lactones) is 1. The molecule has 0 fully saturated rings. The van der Waals surface area contributed by atoms with Gasteiger partial charge in [0.15, 0.2) is 5.60 Å². The summed E-state index contributed by atoms with van der Waals surface area (Å²) in [6.07, 6.45) is 4.82. The molecule has 3 aliphatic heterocycles. The number of ether oxygens (including phenoxy) is 2. The van der Waals surface area contributed by atoms with Crippen molar-refractivity contribution in [1.82, 2.24) is 46.4 Å². The Kier molecular flexibility index (Phi) is 16.2. The number of nitrogens with one attached hydrogen (secondary N) is 6. The lowest BCUT2D eigenvalue weighted by molar-refractivity contribution is -0.172. The Bertz CT molecular complexity index is 3090. The molecule has 0 saturated heterocycles. The van der Waals surface area contributed by atoms with Crippen LogP contribution in [0.2, 0.25) is 0 Å². The van der Waals surface area contributed by atoms with Crippen molar-refractivity contribution in [3.05, 3.63) is 110 Å². The highest BCUT2D eigenvalue weighted by molar-refractivity contribution is 6.12. The fourth-order valence-corrected chi connectivity index (χ4v) is 9.76. The molecule has 4 aromatic rings. The maximum atomic E-state index is 15.4. The summed E-state index contributed by atoms with van der Waals surface area (Å²) in [6, 6.07) is 9.83. The fraction of sp³-hybridized carbons (Fsp3) is 0.404. The number of aryl methyl sites for hydroxylation is 1. The lowest BCUT2D eigenvalue weighted by atomic mass is 9.81. The van der Waals surface area contributed by atoms with Gasteiger partial charge in [0.2, 0.25) is 35.4 Å². The topological polar surface area (TPSA) is 303 Å². The molecular formula is C52H56FN9O13. The molecule has 8 amide bonds. The minimum absolute atomic E-state index is 0.0366. The number of benzene rings is 2. The second-order valence-corrected chi connectivity index (χ2v) is 18.6. The molecule has 0 bridgehead atoms. The third kappa shape index (κ3) is 11.6. The molecule has 5 heterocycles. The maximum absolute atomic E-state index is 15.4. The first-order chi connectivity index (χ1) is 36.0. The molecule has 1 aliphatic carbocycles. The van der Waals surface area contributed by atoms with E-state index in [9.17, 15) is 53.1 Å². The lowest BCUT2D eigenvalue weighted by Crippen LogP contribution is -2.52. The SMILES string of the molecule is CC[C@@]1(O)C(=O)OCc2c1cc1n(c2=O)Cc2c-1nc1cc(F)c(C)c3c1c2[C@H](NC(=O)COCNC(=O)CNC(=O)[C@H](Cc1ccccc1)NC(=O)CNC(=O)CNC(=O)CCCCCN1C(=O)C=CC1=O)CC3. The highest BCUT2D eigenvalue weighted by Crippen LogP contribution is 2.46. The molecule has 75 heavy (non-hydrogen) atoms. The summed E-state index contributed by atoms with van der Waals surface area (Å²) >= 11 is 0. The van der Waals surface area contributed by atoms with Gasteiger partial charge >= 0.3 is 5.97 Å². The van der Waals surface area contributed by atoms with E-state index in [0.717, 1.165) is 10.5 Å². The van der Waals surface area contributed by atoms with Gasteiger partial charge in [0.05, 0.1) is 54.7 Å². The molecule has 22 nitrogen and oxygen atoms in total. The number of hydrogen-bond acceptors (Lipinski definition) is 14. The largest absolute Gasteiger partial charge is 0.458 e. The predicted octanol–water partition coefficient (Wildman–Crippen LogP) is 0.282. The zero-order valence-electron chi connectivity index (χ0n) is 41.2. The molecule has 7 N–H and O–H groups in total. The number of amides is 8. The summed E-state index contributed by atoms with van der Waals surface area (Å²) in [6.45, 7) is 0.880. The number of aromatic nitrogens is 2. The first-order valence-corrected chi connectivity index (χ1v) is 24.6. The number of aliphatic hydroxyl groups is 1. The number of halogens is 1. The molecule has 0 saturated carbocycles. The van der Waals surface area contributed by atoms with Crippen molar-refractivity contribution in [2.75, 3.05) is 39.5 Å². The van der Waals surface area contributed by atoms with E-state index < -0.39 is 103 Å². The van der Waals surface area contributed by atoms with Gasteiger partial charge in [0.25, 0.3) is 17.4 Å². The second-order valence-electron chi connectivity index (χ2n) is 18.6. The van der Waals surface area contributed by atoms with Crippen LogP contribution in [0.5, 0.6) is 0 Å². The quantitative estimate of drug-likeness (QED) is 0.0212. The number of rotatable bonds is 22. The summed E-state index contributed by atoms with van der Waals surface area (Å²) in [4.78, 5) is 133. The Balaban J connectivity index is 0.805. The van der Waals surface area contributed by atoms with Crippen molar-refractivity contribution in [1.29, 1.82) is 0 Å². The third-order valence-electron chi connectivity index (χ3n) is 13.8. The minimum atomic E-state index is -2.05. The molecule has 3 atom stereocenters. The molecule has 394 valence electrons. The molecule has 2 aromatic heterocycles. The predicted molar refractivity (Wildman–Crippen MR) is 263 cm³/mol. The van der Waals surface area contributed by atoms with Crippen molar-refractivity contribution in [2.24, 2.45) is 0 Å². The molecular weight excluding hydrogens is 978 g/mol. The van der Waals surface area contributed by atoms with Crippen LogP contribution in [0, 0.1) is 12.7 Å². The van der Waals surface area contributed by atoms with E-state index >= 15 is 4.39 Å². The average Bonchev–Trinajstić information content (AvgIpc) is 3.98. The number of fused-ring (bicyclic) bond motifs is 5. The highest BCUT2D eigenvalue weighted by Gasteiger charge is 2.46. The monoisotopic (exact) mass is 1030 g/mol. The van der Waals surface area contributed by atoms with Gasteiger partial charge in [0.1, 0.15) is 31.8 Å². The summed E-state index contributed by atoms with van der Waals surface area (Å²) in [7, 11) is 0. The van der Waals surface area contributed by atoms with Gasteiger partial charge in [-0.05, 0) is 67.3 Å². The van der Waals surface area contributed by atoms with Gasteiger partial charge in [-0.2, -0.15) is 0 Å². The summed E-state index contributed by atoms with van der Waals surface area (Å²) < 4.78 is 27.5. The van der Waals surface area contributed by atoms with E-state index in [0.29, 0.717) is 76.6 Å². The Morgan fingerprint density at radius 1 is 0.867 bits per heavy atom. The number of pyridine rings is 2. The highest BCUT2D eigenvalue weighted by atomic mass is 19.1. The molecule has 4 aliphatic rings. The Morgan fingerprint density at radius 3 is 2.32 bits per heavy atom. The van der Waals surface area contributed by atoms with Crippen molar-refractivity contribution < 1.29 is 62.1 Å². The zero-order chi connectivity index (χ0) is 53.6. The standard InChI is InChI=1S/C52H56FN9O13/c1-3-52(73)33-19-38-48-31(24-62(38)50(71)32(33)25-75-51(52)72)47-35(14-13-30-28(2)34(53)20-36(60-48)46(30)47)58-43(67)26-74-27-57-41(65)22-56-49(70)37(18-29-10-6-4-7-11-29)59-42(66)23-55-40(64)21-54-39(63)12-8-5-9-17-61-44(68)15-16-45(61)69/h4,6-7,10-11,15-16,19-20,35,37,73H,3,5,8-9,12-14,17-18,21-27H2,1-2H3,(H,54,63)(H,55,64)(H,56,70)(H,57,65)(H,58,67)(H,59,66)/t35-,37+,52+/m1/s1. The maximum Gasteiger partial charge on any atom is 0.343 e. The first-order valence-electron chi connectivity index (χ1n) is 24.6. The van der Waals surface area contributed by atoms with Crippen molar-refractivity contribution in [3.63, 3.8) is 0 Å². The number of imide groups is 1. The molecule has 0 radical (unpaired) electrons. The van der Waals surface area contributed by atoms with Gasteiger partial charge in [-0.25, -0.2) is 14.2 Å². The third-order valence-corrected chi connectivity index (χ3v) is 13.8. The van der Waals surface area contributed by atoms with E-state index in [-0.39, 0.29) is 61.9 Å². The van der Waals surface area contributed by atoms with Crippen molar-refractivity contribution in [2.45, 2.75) is 96.1 Å². The van der Waals surface area contributed by atoms with E-state index in [1.807, 2.05) is 0 Å². The number of unbranched alkanes of at least 4 members (excludes halogenated alkanes) is 2. The van der Waals surface area contributed by atoms with Crippen LogP contribution in [0.1, 0.15) is 90.4 Å². The van der Waals surface area contributed by atoms with E-state index in [1.54, 1.807) is 50.2 Å². The van der Waals surface area contributed by atoms with Crippen LogP contribution in [0.3, 0.4) is 0 Å². The van der Waals surface area contributed by atoms with Crippen LogP contribution in [0.15, 0.2) is 59.4 Å². The first kappa shape index (κ1) is 53.1. The zero-order valence-corrected chi connectivity index (χ0v) is 41.2. The van der Waals surface area contributed by atoms with Crippen LogP contribution in [-0.2, 0) is 84.2 Å². The normalized spacial score (nSPS) is 17.4. The van der Waals surface area contributed by atoms with Gasteiger partial charge in [-0.1, -0.05) is 43.7 Å². The van der Waals surface area contributed by atoms with E-state index in [4.69, 9.17) is 14.5 Å². The Hall–Kier alpha value is -8.18. The summed E-state index contributed by atoms with van der Waals surface area (Å²) in [5, 5.41) is 27.4. The second kappa shape index (κ2) is 22.9. The number of carbonyl (C=O) groups is 9. The van der Waals surface area contributed by atoms with Gasteiger partial charge in [0, 0.05) is 54.1 Å². The molecule has 8 rings (SSSR count). The Labute approximate surface area is 428 Å². The van der Waals surface area contributed by atoms with Gasteiger partial charge in [-0.3, -0.25) is 48.1 Å². The van der Waals surface area contributed by atoms with Crippen LogP contribution in [0.4, 0.5) is 4.39 Å². The molecule has 0 spiro atoms. The number of nitrogens with zero attached hydrogens (tertiary/aromatic N) is 3. The smallest absolute Gasteiger partial charge is 0.343 e. The summed E-state index contributed by atoms with van der Waals surface area (Å²) in [5.74, 6) is -5.79. The summed E-state index contributed by atoms with van der Waals surface area (Å²) in [5.41, 5.74) is 1.84. The molecule has 0 unspecified atom stereocenters. The lowest BCUT2D eigenvalue weighted by Gasteiger charge is -2.31. The van der Waals surface area contributed by atoms with Crippen LogP contribution < -0.4 is 37.5 Å². The number of esters is 1. The number of hydrogen-bond donors (Lipinski definition) is 7.